The molecule has 0 saturated carbocycles. The number of hydrogen-bond acceptors (Lipinski definition) is 0. The average molecular weight is 595 g/mol. The van der Waals surface area contributed by atoms with Gasteiger partial charge in [0.25, 0.3) is 0 Å². The lowest BCUT2D eigenvalue weighted by atomic mass is 9.79. The second kappa shape index (κ2) is 9.91. The Kier molecular flexibility index (Phi) is 6.20. The number of hydrogen-bond donors (Lipinski definition) is 0. The number of fused-ring (bicyclic) bond motifs is 6. The van der Waals surface area contributed by atoms with Gasteiger partial charge in [0.05, 0.1) is 0 Å². The van der Waals surface area contributed by atoms with Crippen molar-refractivity contribution in [1.82, 2.24) is 0 Å². The molecular weight excluding hydrogens is 553 g/mol. The number of aryl methyl sites for hydroxylation is 4. The summed E-state index contributed by atoms with van der Waals surface area (Å²) in [4.78, 5) is 0. The maximum Gasteiger partial charge on any atom is 0.0159 e. The van der Waals surface area contributed by atoms with Crippen molar-refractivity contribution in [3.05, 3.63) is 154 Å². The van der Waals surface area contributed by atoms with Gasteiger partial charge in [0.2, 0.25) is 0 Å². The summed E-state index contributed by atoms with van der Waals surface area (Å²) in [6, 6.07) is 41.9. The minimum atomic E-state index is -0.0506. The van der Waals surface area contributed by atoms with Gasteiger partial charge in [-0.3, -0.25) is 0 Å². The molecule has 0 saturated heterocycles. The molecule has 0 heterocycles. The Hall–Kier alpha value is -4.68. The summed E-state index contributed by atoms with van der Waals surface area (Å²) in [6.07, 6.45) is 0. The molecule has 8 rings (SSSR count). The normalized spacial score (nSPS) is 14.9. The molecule has 0 fully saturated rings. The number of benzene rings is 6. The van der Waals surface area contributed by atoms with Crippen molar-refractivity contribution in [3.8, 4) is 55.6 Å². The van der Waals surface area contributed by atoms with Crippen LogP contribution in [0.2, 0.25) is 0 Å². The van der Waals surface area contributed by atoms with Crippen molar-refractivity contribution in [1.29, 1.82) is 0 Å². The summed E-state index contributed by atoms with van der Waals surface area (Å²) in [5.74, 6) is 0. The van der Waals surface area contributed by atoms with Crippen LogP contribution in [-0.4, -0.2) is 0 Å². The van der Waals surface area contributed by atoms with Crippen molar-refractivity contribution < 1.29 is 0 Å². The predicted octanol–water partition coefficient (Wildman–Crippen LogP) is 12.5. The summed E-state index contributed by atoms with van der Waals surface area (Å²) >= 11 is 0. The zero-order valence-electron chi connectivity index (χ0n) is 28.4. The van der Waals surface area contributed by atoms with E-state index in [9.17, 15) is 0 Å². The highest BCUT2D eigenvalue weighted by molar-refractivity contribution is 6.02. The van der Waals surface area contributed by atoms with E-state index >= 15 is 0 Å². The summed E-state index contributed by atoms with van der Waals surface area (Å²) in [5, 5.41) is 0. The van der Waals surface area contributed by atoms with Crippen molar-refractivity contribution in [2.24, 2.45) is 0 Å². The highest BCUT2D eigenvalue weighted by Gasteiger charge is 2.39. The van der Waals surface area contributed by atoms with Gasteiger partial charge >= 0.3 is 0 Å². The Bertz CT molecular complexity index is 2080. The largest absolute Gasteiger partial charge is 0.0616 e. The lowest BCUT2D eigenvalue weighted by Crippen LogP contribution is -2.15. The van der Waals surface area contributed by atoms with Gasteiger partial charge in [-0.25, -0.2) is 0 Å². The third kappa shape index (κ3) is 4.06. The molecule has 2 aliphatic carbocycles. The number of rotatable bonds is 3. The molecule has 0 aliphatic heterocycles. The molecule has 0 atom stereocenters. The van der Waals surface area contributed by atoms with Crippen LogP contribution in [-0.2, 0) is 10.8 Å². The first-order valence-electron chi connectivity index (χ1n) is 16.7. The third-order valence-corrected chi connectivity index (χ3v) is 10.9. The van der Waals surface area contributed by atoms with E-state index < -0.39 is 0 Å². The predicted molar refractivity (Wildman–Crippen MR) is 197 cm³/mol. The van der Waals surface area contributed by atoms with Gasteiger partial charge in [-0.05, 0) is 106 Å². The second-order valence-corrected chi connectivity index (χ2v) is 14.9. The van der Waals surface area contributed by atoms with Crippen LogP contribution in [0.3, 0.4) is 0 Å². The Labute approximate surface area is 274 Å². The van der Waals surface area contributed by atoms with Crippen molar-refractivity contribution in [2.75, 3.05) is 0 Å². The second-order valence-electron chi connectivity index (χ2n) is 14.9. The van der Waals surface area contributed by atoms with Crippen molar-refractivity contribution in [3.63, 3.8) is 0 Å². The Morgan fingerprint density at radius 3 is 1.00 bits per heavy atom. The maximum absolute atomic E-state index is 2.42. The molecule has 2 aliphatic rings. The molecule has 0 amide bonds. The Balaban J connectivity index is 1.40. The molecule has 0 unspecified atom stereocenters. The van der Waals surface area contributed by atoms with Crippen LogP contribution in [0, 0.1) is 27.7 Å². The molecule has 0 heteroatoms. The van der Waals surface area contributed by atoms with Gasteiger partial charge < -0.3 is 0 Å². The molecule has 6 aromatic carbocycles. The van der Waals surface area contributed by atoms with E-state index in [2.05, 4.69) is 165 Å². The first-order valence-corrected chi connectivity index (χ1v) is 16.7. The van der Waals surface area contributed by atoms with Crippen molar-refractivity contribution >= 4 is 0 Å². The van der Waals surface area contributed by atoms with E-state index in [1.165, 1.54) is 100 Å². The van der Waals surface area contributed by atoms with E-state index in [4.69, 9.17) is 0 Å². The standard InChI is InChI=1S/C46H42/c1-27-17-19-35-39(23-27)45(5,6)41-25-29(3)21-37(43(35)41)33-15-11-9-13-31(33)32-14-10-12-16-34(32)38-22-30(4)26-42-44(38)36-20-18-28(2)24-40(36)46(42,7)8/h9-26H,1-8H3. The van der Waals surface area contributed by atoms with Gasteiger partial charge in [-0.15, -0.1) is 0 Å². The zero-order valence-corrected chi connectivity index (χ0v) is 28.4. The van der Waals surface area contributed by atoms with Gasteiger partial charge in [-0.1, -0.05) is 159 Å². The summed E-state index contributed by atoms with van der Waals surface area (Å²) in [7, 11) is 0. The molecule has 0 spiro atoms. The lowest BCUT2D eigenvalue weighted by molar-refractivity contribution is 0.659. The lowest BCUT2D eigenvalue weighted by Gasteiger charge is -2.24. The van der Waals surface area contributed by atoms with Gasteiger partial charge in [0, 0.05) is 10.8 Å². The monoisotopic (exact) mass is 594 g/mol. The molecule has 0 aromatic heterocycles. The average Bonchev–Trinajstić information content (AvgIpc) is 3.39. The van der Waals surface area contributed by atoms with Crippen LogP contribution in [0.25, 0.3) is 55.6 Å². The van der Waals surface area contributed by atoms with Gasteiger partial charge in [0.1, 0.15) is 0 Å². The highest BCUT2D eigenvalue weighted by atomic mass is 14.4. The molecule has 46 heavy (non-hydrogen) atoms. The van der Waals surface area contributed by atoms with Crippen LogP contribution in [0.1, 0.15) is 72.2 Å². The van der Waals surface area contributed by atoms with Crippen LogP contribution >= 0.6 is 0 Å². The van der Waals surface area contributed by atoms with Crippen LogP contribution in [0.15, 0.2) is 109 Å². The van der Waals surface area contributed by atoms with E-state index in [-0.39, 0.29) is 10.8 Å². The first-order chi connectivity index (χ1) is 22.0. The summed E-state index contributed by atoms with van der Waals surface area (Å²) in [6.45, 7) is 18.5. The molecule has 0 bridgehead atoms. The highest BCUT2D eigenvalue weighted by Crippen LogP contribution is 2.56. The Morgan fingerprint density at radius 1 is 0.304 bits per heavy atom. The maximum atomic E-state index is 2.42. The van der Waals surface area contributed by atoms with Crippen molar-refractivity contribution in [2.45, 2.75) is 66.2 Å². The third-order valence-electron chi connectivity index (χ3n) is 10.9. The van der Waals surface area contributed by atoms with Gasteiger partial charge in [-0.2, -0.15) is 0 Å². The SMILES string of the molecule is Cc1ccc2c(c1)C(C)(C)c1cc(C)cc(-c3ccccc3-c3ccccc3-c3cc(C)cc4c3-c3ccc(C)cc3C4(C)C)c1-2. The first kappa shape index (κ1) is 28.8. The molecular formula is C46H42. The van der Waals surface area contributed by atoms with E-state index in [1.54, 1.807) is 0 Å². The fourth-order valence-corrected chi connectivity index (χ4v) is 8.55. The minimum absolute atomic E-state index is 0.0506. The molecule has 0 N–H and O–H groups in total. The van der Waals surface area contributed by atoms with Crippen LogP contribution < -0.4 is 0 Å². The van der Waals surface area contributed by atoms with E-state index in [0.717, 1.165) is 0 Å². The van der Waals surface area contributed by atoms with E-state index in [1.807, 2.05) is 0 Å². The summed E-state index contributed by atoms with van der Waals surface area (Å²) in [5.41, 5.74) is 24.2. The zero-order chi connectivity index (χ0) is 32.1. The molecule has 0 radical (unpaired) electrons. The summed E-state index contributed by atoms with van der Waals surface area (Å²) < 4.78 is 0. The fourth-order valence-electron chi connectivity index (χ4n) is 8.55. The quantitative estimate of drug-likeness (QED) is 0.191. The van der Waals surface area contributed by atoms with Gasteiger partial charge in [0.15, 0.2) is 0 Å². The van der Waals surface area contributed by atoms with Crippen LogP contribution in [0.4, 0.5) is 0 Å². The van der Waals surface area contributed by atoms with E-state index in [0.29, 0.717) is 0 Å². The molecule has 6 aromatic rings. The molecule has 226 valence electrons. The Morgan fingerprint density at radius 2 is 0.630 bits per heavy atom. The minimum Gasteiger partial charge on any atom is -0.0616 e. The molecule has 0 nitrogen and oxygen atoms in total. The van der Waals surface area contributed by atoms with Crippen LogP contribution in [0.5, 0.6) is 0 Å². The smallest absolute Gasteiger partial charge is 0.0159 e. The topological polar surface area (TPSA) is 0 Å². The fraction of sp³-hybridized carbons (Fsp3) is 0.217.